The van der Waals surface area contributed by atoms with Gasteiger partial charge in [-0.3, -0.25) is 14.6 Å². The highest BCUT2D eigenvalue weighted by Gasteiger charge is 2.37. The molecule has 3 rings (SSSR count). The summed E-state index contributed by atoms with van der Waals surface area (Å²) < 4.78 is 10.8. The molecule has 3 atom stereocenters. The average molecular weight is 382 g/mol. The van der Waals surface area contributed by atoms with Gasteiger partial charge in [-0.05, 0) is 12.8 Å². The van der Waals surface area contributed by atoms with E-state index in [1.807, 2.05) is 13.1 Å². The van der Waals surface area contributed by atoms with E-state index < -0.39 is 6.10 Å². The molecule has 27 heavy (non-hydrogen) atoms. The van der Waals surface area contributed by atoms with Crippen LogP contribution in [0.1, 0.15) is 25.7 Å². The maximum absolute atomic E-state index is 12.7. The van der Waals surface area contributed by atoms with Gasteiger partial charge in [-0.25, -0.2) is 0 Å². The molecule has 1 saturated carbocycles. The van der Waals surface area contributed by atoms with Gasteiger partial charge in [0.05, 0.1) is 38.6 Å². The summed E-state index contributed by atoms with van der Waals surface area (Å²) in [6, 6.07) is -0.00476. The molecule has 3 fully saturated rings. The molecular formula is C20H35N3O4. The standard InChI is InChI=1S/C20H35N3O4/c1-21(19(24)7-4-8-22-9-13-26-14-10-22)17-5-2-3-6-18(20(17)25)23-11-15-27-16-12-23/h4,7,17-18,20,25H,2-3,5-6,8-16H2,1H3/b7-4+/t17-,18-,20-/m1/s1. The maximum Gasteiger partial charge on any atom is 0.246 e. The second-order valence-electron chi connectivity index (χ2n) is 7.82. The van der Waals surface area contributed by atoms with Crippen molar-refractivity contribution in [1.29, 1.82) is 0 Å². The van der Waals surface area contributed by atoms with Crippen molar-refractivity contribution in [2.24, 2.45) is 0 Å². The predicted octanol–water partition coefficient (Wildman–Crippen LogP) is 0.338. The molecule has 1 amide bonds. The Kier molecular flexibility index (Phi) is 8.08. The van der Waals surface area contributed by atoms with Crippen molar-refractivity contribution in [3.05, 3.63) is 12.2 Å². The molecule has 0 aromatic rings. The first-order chi connectivity index (χ1) is 13.2. The normalized spacial score (nSPS) is 31.7. The van der Waals surface area contributed by atoms with Gasteiger partial charge >= 0.3 is 0 Å². The maximum atomic E-state index is 12.7. The van der Waals surface area contributed by atoms with E-state index in [0.717, 1.165) is 84.8 Å². The molecule has 0 aromatic heterocycles. The fraction of sp³-hybridized carbons (Fsp3) is 0.850. The Hall–Kier alpha value is -0.990. The van der Waals surface area contributed by atoms with E-state index >= 15 is 0 Å². The van der Waals surface area contributed by atoms with E-state index in [-0.39, 0.29) is 18.0 Å². The molecule has 2 heterocycles. The number of nitrogens with zero attached hydrogens (tertiary/aromatic N) is 3. The summed E-state index contributed by atoms with van der Waals surface area (Å²) in [4.78, 5) is 19.1. The molecule has 0 spiro atoms. The van der Waals surface area contributed by atoms with E-state index in [1.54, 1.807) is 11.0 Å². The van der Waals surface area contributed by atoms with Crippen molar-refractivity contribution in [3.8, 4) is 0 Å². The van der Waals surface area contributed by atoms with Crippen LogP contribution in [-0.2, 0) is 14.3 Å². The summed E-state index contributed by atoms with van der Waals surface area (Å²) in [5.74, 6) is -0.0186. The lowest BCUT2D eigenvalue weighted by Crippen LogP contribution is -2.55. The molecule has 0 bridgehead atoms. The Labute approximate surface area is 162 Å². The van der Waals surface area contributed by atoms with Gasteiger partial charge in [0.2, 0.25) is 5.91 Å². The molecule has 7 nitrogen and oxygen atoms in total. The Morgan fingerprint density at radius 2 is 1.70 bits per heavy atom. The van der Waals surface area contributed by atoms with Crippen molar-refractivity contribution in [3.63, 3.8) is 0 Å². The second-order valence-corrected chi connectivity index (χ2v) is 7.82. The molecule has 0 radical (unpaired) electrons. The lowest BCUT2D eigenvalue weighted by molar-refractivity contribution is -0.131. The summed E-state index contributed by atoms with van der Waals surface area (Å²) in [6.07, 6.45) is 7.10. The molecule has 0 unspecified atom stereocenters. The minimum Gasteiger partial charge on any atom is -0.389 e. The number of likely N-dealkylation sites (N-methyl/N-ethyl adjacent to an activating group) is 1. The van der Waals surface area contributed by atoms with E-state index in [4.69, 9.17) is 9.47 Å². The van der Waals surface area contributed by atoms with Gasteiger partial charge in [0.25, 0.3) is 0 Å². The highest BCUT2D eigenvalue weighted by molar-refractivity contribution is 5.87. The number of ether oxygens (including phenoxy) is 2. The molecule has 154 valence electrons. The second kappa shape index (κ2) is 10.5. The topological polar surface area (TPSA) is 65.5 Å². The van der Waals surface area contributed by atoms with Gasteiger partial charge < -0.3 is 19.5 Å². The third-order valence-electron chi connectivity index (χ3n) is 6.13. The van der Waals surface area contributed by atoms with Gasteiger partial charge in [-0.15, -0.1) is 0 Å². The number of carbonyl (C=O) groups is 1. The SMILES string of the molecule is CN(C(=O)/C=C/CN1CCOCC1)[C@@H]1CCCC[C@@H](N2CCOCC2)[C@@H]1O. The lowest BCUT2D eigenvalue weighted by atomic mass is 9.98. The fourth-order valence-corrected chi connectivity index (χ4v) is 4.40. The Bertz CT molecular complexity index is 490. The number of aliphatic hydroxyl groups excluding tert-OH is 1. The van der Waals surface area contributed by atoms with Gasteiger partial charge in [-0.1, -0.05) is 18.9 Å². The number of carbonyl (C=O) groups excluding carboxylic acids is 1. The molecule has 7 heteroatoms. The van der Waals surface area contributed by atoms with Crippen molar-refractivity contribution < 1.29 is 19.4 Å². The van der Waals surface area contributed by atoms with Crippen molar-refractivity contribution in [1.82, 2.24) is 14.7 Å². The van der Waals surface area contributed by atoms with Crippen molar-refractivity contribution in [2.45, 2.75) is 43.9 Å². The first kappa shape index (κ1) is 20.7. The summed E-state index contributed by atoms with van der Waals surface area (Å²) in [6.45, 7) is 7.31. The van der Waals surface area contributed by atoms with Crippen molar-refractivity contribution in [2.75, 3.05) is 66.2 Å². The third-order valence-corrected chi connectivity index (χ3v) is 6.13. The van der Waals surface area contributed by atoms with Gasteiger partial charge in [0, 0.05) is 51.9 Å². The fourth-order valence-electron chi connectivity index (χ4n) is 4.40. The van der Waals surface area contributed by atoms with Gasteiger partial charge in [0.15, 0.2) is 0 Å². The monoisotopic (exact) mass is 381 g/mol. The van der Waals surface area contributed by atoms with Crippen LogP contribution in [0.4, 0.5) is 0 Å². The summed E-state index contributed by atoms with van der Waals surface area (Å²) in [5.41, 5.74) is 0. The average Bonchev–Trinajstić information content (AvgIpc) is 2.90. The van der Waals surface area contributed by atoms with E-state index in [9.17, 15) is 9.90 Å². The number of morpholine rings is 2. The van der Waals surface area contributed by atoms with Gasteiger partial charge in [0.1, 0.15) is 0 Å². The quantitative estimate of drug-likeness (QED) is 0.547. The number of rotatable bonds is 5. The van der Waals surface area contributed by atoms with Crippen LogP contribution < -0.4 is 0 Å². The van der Waals surface area contributed by atoms with E-state index in [2.05, 4.69) is 9.80 Å². The molecule has 0 aromatic carbocycles. The van der Waals surface area contributed by atoms with Crippen LogP contribution in [0.15, 0.2) is 12.2 Å². The lowest BCUT2D eigenvalue weighted by Gasteiger charge is -2.40. The van der Waals surface area contributed by atoms with Crippen LogP contribution in [0.5, 0.6) is 0 Å². The number of amides is 1. The predicted molar refractivity (Wildman–Crippen MR) is 104 cm³/mol. The van der Waals surface area contributed by atoms with E-state index in [1.165, 1.54) is 0 Å². The summed E-state index contributed by atoms with van der Waals surface area (Å²) in [5, 5.41) is 11.1. The molecule has 2 saturated heterocycles. The van der Waals surface area contributed by atoms with Crippen molar-refractivity contribution >= 4 is 5.91 Å². The number of hydrogen-bond acceptors (Lipinski definition) is 6. The zero-order valence-corrected chi connectivity index (χ0v) is 16.6. The number of aliphatic hydroxyl groups is 1. The Morgan fingerprint density at radius 3 is 2.41 bits per heavy atom. The summed E-state index contributed by atoms with van der Waals surface area (Å²) >= 11 is 0. The van der Waals surface area contributed by atoms with E-state index in [0.29, 0.717) is 0 Å². The zero-order chi connectivity index (χ0) is 19.1. The highest BCUT2D eigenvalue weighted by Crippen LogP contribution is 2.26. The Balaban J connectivity index is 1.55. The third kappa shape index (κ3) is 5.74. The van der Waals surface area contributed by atoms with Crippen LogP contribution in [-0.4, -0.2) is 110 Å². The van der Waals surface area contributed by atoms with Crippen LogP contribution in [0.25, 0.3) is 0 Å². The molecule has 3 aliphatic rings. The largest absolute Gasteiger partial charge is 0.389 e. The van der Waals surface area contributed by atoms with Crippen LogP contribution in [0.2, 0.25) is 0 Å². The minimum absolute atomic E-state index is 0.0186. The molecule has 1 N–H and O–H groups in total. The first-order valence-electron chi connectivity index (χ1n) is 10.4. The first-order valence-corrected chi connectivity index (χ1v) is 10.4. The van der Waals surface area contributed by atoms with Crippen LogP contribution in [0, 0.1) is 0 Å². The summed E-state index contributed by atoms with van der Waals surface area (Å²) in [7, 11) is 1.83. The molecular weight excluding hydrogens is 346 g/mol. The van der Waals surface area contributed by atoms with Gasteiger partial charge in [-0.2, -0.15) is 0 Å². The molecule has 1 aliphatic carbocycles. The highest BCUT2D eigenvalue weighted by atomic mass is 16.5. The zero-order valence-electron chi connectivity index (χ0n) is 16.6. The smallest absolute Gasteiger partial charge is 0.246 e. The van der Waals surface area contributed by atoms with Crippen LogP contribution in [0.3, 0.4) is 0 Å². The Morgan fingerprint density at radius 1 is 1.07 bits per heavy atom. The van der Waals surface area contributed by atoms with Crippen LogP contribution >= 0.6 is 0 Å². The molecule has 2 aliphatic heterocycles. The number of hydrogen-bond donors (Lipinski definition) is 1. The minimum atomic E-state index is -0.507.